The lowest BCUT2D eigenvalue weighted by Crippen LogP contribution is -2.48. The van der Waals surface area contributed by atoms with Crippen LogP contribution in [0, 0.1) is 0 Å². The molecule has 1 saturated heterocycles. The molecule has 8 nitrogen and oxygen atoms in total. The molecule has 0 saturated carbocycles. The summed E-state index contributed by atoms with van der Waals surface area (Å²) in [4.78, 5) is 31.9. The molecule has 3 heterocycles. The van der Waals surface area contributed by atoms with Crippen LogP contribution in [0.25, 0.3) is 0 Å². The van der Waals surface area contributed by atoms with Crippen molar-refractivity contribution in [3.8, 4) is 0 Å². The number of aromatic nitrogens is 3. The average molecular weight is 343 g/mol. The third kappa shape index (κ3) is 4.03. The summed E-state index contributed by atoms with van der Waals surface area (Å²) in [6.45, 7) is 5.12. The minimum absolute atomic E-state index is 0.110. The largest absolute Gasteiger partial charge is 0.480 e. The molecule has 0 radical (unpaired) electrons. The summed E-state index contributed by atoms with van der Waals surface area (Å²) in [5, 5.41) is 13.0. The Morgan fingerprint density at radius 3 is 2.64 bits per heavy atom. The van der Waals surface area contributed by atoms with Crippen LogP contribution in [-0.4, -0.2) is 67.7 Å². The number of piperazine rings is 1. The summed E-state index contributed by atoms with van der Waals surface area (Å²) in [5.41, 5.74) is 1.44. The Labute approximate surface area is 145 Å². The first-order chi connectivity index (χ1) is 12.0. The maximum atomic E-state index is 12.6. The maximum absolute atomic E-state index is 12.6. The van der Waals surface area contributed by atoms with Gasteiger partial charge < -0.3 is 10.0 Å². The fourth-order valence-electron chi connectivity index (χ4n) is 2.79. The molecule has 1 unspecified atom stereocenters. The van der Waals surface area contributed by atoms with Gasteiger partial charge in [0.05, 0.1) is 17.5 Å². The van der Waals surface area contributed by atoms with E-state index in [9.17, 15) is 9.59 Å². The van der Waals surface area contributed by atoms with Gasteiger partial charge in [-0.25, -0.2) is 4.79 Å². The van der Waals surface area contributed by atoms with Gasteiger partial charge in [-0.1, -0.05) is 6.07 Å². The Kier molecular flexibility index (Phi) is 5.08. The summed E-state index contributed by atoms with van der Waals surface area (Å²) in [6.07, 6.45) is 4.72. The molecule has 25 heavy (non-hydrogen) atoms. The predicted octanol–water partition coefficient (Wildman–Crippen LogP) is 0.882. The molecule has 1 atom stereocenters. The van der Waals surface area contributed by atoms with Crippen molar-refractivity contribution >= 4 is 11.9 Å². The highest BCUT2D eigenvalue weighted by Gasteiger charge is 2.24. The van der Waals surface area contributed by atoms with Crippen molar-refractivity contribution < 1.29 is 14.7 Å². The fraction of sp³-hybridized carbons (Fsp3) is 0.412. The third-order valence-corrected chi connectivity index (χ3v) is 4.37. The number of pyridine rings is 1. The van der Waals surface area contributed by atoms with Crippen LogP contribution in [0.4, 0.5) is 0 Å². The molecule has 0 aliphatic carbocycles. The van der Waals surface area contributed by atoms with Crippen LogP contribution in [0.15, 0.2) is 36.8 Å². The Bertz CT molecular complexity index is 738. The van der Waals surface area contributed by atoms with Crippen molar-refractivity contribution in [2.75, 3.05) is 26.2 Å². The van der Waals surface area contributed by atoms with E-state index in [1.54, 1.807) is 11.1 Å². The third-order valence-electron chi connectivity index (χ3n) is 4.37. The quantitative estimate of drug-likeness (QED) is 0.867. The van der Waals surface area contributed by atoms with E-state index in [0.717, 1.165) is 25.3 Å². The van der Waals surface area contributed by atoms with Gasteiger partial charge >= 0.3 is 5.97 Å². The molecule has 1 amide bonds. The first kappa shape index (κ1) is 17.1. The molecule has 0 aromatic carbocycles. The number of rotatable bonds is 5. The van der Waals surface area contributed by atoms with E-state index in [1.165, 1.54) is 24.0 Å². The van der Waals surface area contributed by atoms with Gasteiger partial charge in [-0.05, 0) is 19.1 Å². The molecule has 2 aromatic rings. The van der Waals surface area contributed by atoms with Crippen LogP contribution in [0.3, 0.4) is 0 Å². The van der Waals surface area contributed by atoms with E-state index in [0.29, 0.717) is 18.7 Å². The van der Waals surface area contributed by atoms with Gasteiger partial charge in [0, 0.05) is 45.1 Å². The van der Waals surface area contributed by atoms with Crippen LogP contribution < -0.4 is 0 Å². The van der Waals surface area contributed by atoms with Crippen LogP contribution in [0.2, 0.25) is 0 Å². The lowest BCUT2D eigenvalue weighted by atomic mass is 10.2. The highest BCUT2D eigenvalue weighted by atomic mass is 16.4. The van der Waals surface area contributed by atoms with Gasteiger partial charge in [-0.3, -0.25) is 19.4 Å². The van der Waals surface area contributed by atoms with Gasteiger partial charge in [0.25, 0.3) is 5.91 Å². The number of hydrogen-bond acceptors (Lipinski definition) is 5. The van der Waals surface area contributed by atoms with Gasteiger partial charge in [0.15, 0.2) is 0 Å². The second-order valence-corrected chi connectivity index (χ2v) is 6.11. The molecule has 132 valence electrons. The van der Waals surface area contributed by atoms with Crippen molar-refractivity contribution in [3.63, 3.8) is 0 Å². The first-order valence-corrected chi connectivity index (χ1v) is 8.23. The highest BCUT2D eigenvalue weighted by Crippen LogP contribution is 2.12. The molecule has 1 aliphatic rings. The number of amides is 1. The van der Waals surface area contributed by atoms with Crippen molar-refractivity contribution in [2.45, 2.75) is 19.5 Å². The fourth-order valence-corrected chi connectivity index (χ4v) is 2.79. The lowest BCUT2D eigenvalue weighted by Gasteiger charge is -2.34. The Morgan fingerprint density at radius 1 is 1.24 bits per heavy atom. The summed E-state index contributed by atoms with van der Waals surface area (Å²) in [7, 11) is 0. The molecule has 3 rings (SSSR count). The molecule has 8 heteroatoms. The standard InChI is InChI=1S/C17H21N5O3/c1-13(17(24)25)22-11-14(10-19-22)16(23)21-8-6-20(7-9-21)12-15-4-2-3-5-18-15/h2-5,10-11,13H,6-9,12H2,1H3,(H,24,25). The SMILES string of the molecule is CC(C(=O)O)n1cc(C(=O)N2CCN(Cc3ccccn3)CC2)cn1. The second-order valence-electron chi connectivity index (χ2n) is 6.11. The highest BCUT2D eigenvalue weighted by molar-refractivity contribution is 5.93. The smallest absolute Gasteiger partial charge is 0.328 e. The molecule has 0 spiro atoms. The van der Waals surface area contributed by atoms with E-state index in [4.69, 9.17) is 5.11 Å². The number of aliphatic carboxylic acids is 1. The van der Waals surface area contributed by atoms with Gasteiger partial charge in [0.1, 0.15) is 6.04 Å². The van der Waals surface area contributed by atoms with Crippen LogP contribution in [0.5, 0.6) is 0 Å². The van der Waals surface area contributed by atoms with Crippen molar-refractivity contribution in [2.24, 2.45) is 0 Å². The van der Waals surface area contributed by atoms with E-state index >= 15 is 0 Å². The Balaban J connectivity index is 1.56. The second kappa shape index (κ2) is 7.43. The Hall–Kier alpha value is -2.74. The predicted molar refractivity (Wildman–Crippen MR) is 90.0 cm³/mol. The molecule has 1 fully saturated rings. The number of carbonyl (C=O) groups is 2. The topological polar surface area (TPSA) is 91.6 Å². The number of hydrogen-bond donors (Lipinski definition) is 1. The molecular weight excluding hydrogens is 322 g/mol. The van der Waals surface area contributed by atoms with Gasteiger partial charge in [-0.2, -0.15) is 5.10 Å². The first-order valence-electron chi connectivity index (χ1n) is 8.23. The van der Waals surface area contributed by atoms with Crippen LogP contribution >= 0.6 is 0 Å². The molecule has 1 N–H and O–H groups in total. The minimum Gasteiger partial charge on any atom is -0.480 e. The summed E-state index contributed by atoms with van der Waals surface area (Å²) >= 11 is 0. The zero-order valence-electron chi connectivity index (χ0n) is 14.1. The zero-order valence-corrected chi connectivity index (χ0v) is 14.1. The number of nitrogens with zero attached hydrogens (tertiary/aromatic N) is 5. The normalized spacial score (nSPS) is 16.6. The van der Waals surface area contributed by atoms with E-state index in [1.807, 2.05) is 18.2 Å². The van der Waals surface area contributed by atoms with Crippen molar-refractivity contribution in [1.29, 1.82) is 0 Å². The van der Waals surface area contributed by atoms with Crippen molar-refractivity contribution in [1.82, 2.24) is 24.6 Å². The molecule has 1 aliphatic heterocycles. The van der Waals surface area contributed by atoms with Gasteiger partial charge in [-0.15, -0.1) is 0 Å². The van der Waals surface area contributed by atoms with E-state index in [2.05, 4.69) is 15.0 Å². The number of carboxylic acids is 1. The zero-order chi connectivity index (χ0) is 17.8. The molecule has 0 bridgehead atoms. The molecule has 2 aromatic heterocycles. The summed E-state index contributed by atoms with van der Waals surface area (Å²) in [5.74, 6) is -1.09. The van der Waals surface area contributed by atoms with E-state index < -0.39 is 12.0 Å². The monoisotopic (exact) mass is 343 g/mol. The minimum atomic E-state index is -0.981. The Morgan fingerprint density at radius 2 is 2.00 bits per heavy atom. The van der Waals surface area contributed by atoms with Gasteiger partial charge in [0.2, 0.25) is 0 Å². The number of carbonyl (C=O) groups excluding carboxylic acids is 1. The van der Waals surface area contributed by atoms with Crippen LogP contribution in [0.1, 0.15) is 29.0 Å². The molecular formula is C17H21N5O3. The number of carboxylic acid groups (broad SMARTS) is 1. The maximum Gasteiger partial charge on any atom is 0.328 e. The summed E-state index contributed by atoms with van der Waals surface area (Å²) < 4.78 is 1.30. The van der Waals surface area contributed by atoms with E-state index in [-0.39, 0.29) is 5.91 Å². The average Bonchev–Trinajstić information content (AvgIpc) is 3.12. The van der Waals surface area contributed by atoms with Crippen LogP contribution in [-0.2, 0) is 11.3 Å². The van der Waals surface area contributed by atoms with Crippen molar-refractivity contribution in [3.05, 3.63) is 48.0 Å². The summed E-state index contributed by atoms with van der Waals surface area (Å²) in [6, 6.07) is 5.07. The lowest BCUT2D eigenvalue weighted by molar-refractivity contribution is -0.140.